The van der Waals surface area contributed by atoms with Gasteiger partial charge in [0.2, 0.25) is 5.88 Å². The van der Waals surface area contributed by atoms with Crippen LogP contribution < -0.4 is 10.1 Å². The van der Waals surface area contributed by atoms with Gasteiger partial charge >= 0.3 is 5.97 Å². The van der Waals surface area contributed by atoms with Gasteiger partial charge in [0, 0.05) is 10.9 Å². The molecule has 0 bridgehead atoms. The third kappa shape index (κ3) is 4.46. The number of aryl methyl sites for hydroxylation is 1. The Labute approximate surface area is 177 Å². The van der Waals surface area contributed by atoms with Crippen molar-refractivity contribution < 1.29 is 19.1 Å². The Morgan fingerprint density at radius 1 is 1.23 bits per heavy atom. The molecule has 9 heteroatoms. The lowest BCUT2D eigenvalue weighted by Crippen LogP contribution is -2.16. The van der Waals surface area contributed by atoms with E-state index in [0.29, 0.717) is 36.3 Å². The van der Waals surface area contributed by atoms with Crippen LogP contribution in [0.5, 0.6) is 5.88 Å². The monoisotopic (exact) mass is 424 g/mol. The zero-order valence-electron chi connectivity index (χ0n) is 16.3. The molecular weight excluding hydrogens is 404 g/mol. The van der Waals surface area contributed by atoms with E-state index in [1.54, 1.807) is 6.92 Å². The molecule has 0 radical (unpaired) electrons. The summed E-state index contributed by atoms with van der Waals surface area (Å²) in [7, 11) is 0. The number of nitrogens with zero attached hydrogens (tertiary/aromatic N) is 3. The van der Waals surface area contributed by atoms with Crippen molar-refractivity contribution in [3.8, 4) is 5.88 Å². The fourth-order valence-electron chi connectivity index (χ4n) is 3.19. The molecule has 1 aliphatic carbocycles. The van der Waals surface area contributed by atoms with Gasteiger partial charge in [-0.15, -0.1) is 11.3 Å². The van der Waals surface area contributed by atoms with E-state index in [2.05, 4.69) is 20.3 Å². The Kier molecular flexibility index (Phi) is 5.99. The molecule has 1 N–H and O–H groups in total. The van der Waals surface area contributed by atoms with E-state index in [1.165, 1.54) is 23.7 Å². The number of amides is 1. The quantitative estimate of drug-likeness (QED) is 0.580. The molecule has 0 saturated carbocycles. The number of nitrogens with one attached hydrogen (secondary N) is 1. The number of hydrogen-bond donors (Lipinski definition) is 1. The summed E-state index contributed by atoms with van der Waals surface area (Å²) >= 11 is 1.37. The highest BCUT2D eigenvalue weighted by Crippen LogP contribution is 2.39. The van der Waals surface area contributed by atoms with E-state index in [9.17, 15) is 9.59 Å². The molecular formula is C21H20N4O4S. The maximum atomic E-state index is 12.6. The second kappa shape index (κ2) is 9.00. The minimum Gasteiger partial charge on any atom is -0.473 e. The van der Waals surface area contributed by atoms with Crippen LogP contribution in [0.3, 0.4) is 0 Å². The SMILES string of the molecule is CCOC(=O)C1CCc2sc(NC(=O)c3cc(OCc4ccccc4)ncn3)nc21. The molecule has 1 amide bonds. The topological polar surface area (TPSA) is 103 Å². The van der Waals surface area contributed by atoms with Gasteiger partial charge in [0.25, 0.3) is 5.91 Å². The van der Waals surface area contributed by atoms with Crippen LogP contribution in [-0.4, -0.2) is 33.4 Å². The van der Waals surface area contributed by atoms with E-state index in [4.69, 9.17) is 9.47 Å². The Balaban J connectivity index is 1.41. The molecule has 1 atom stereocenters. The number of rotatable bonds is 7. The van der Waals surface area contributed by atoms with Gasteiger partial charge in [0.15, 0.2) is 5.13 Å². The molecule has 8 nitrogen and oxygen atoms in total. The normalized spacial score (nSPS) is 14.8. The van der Waals surface area contributed by atoms with Gasteiger partial charge in [-0.05, 0) is 25.3 Å². The number of esters is 1. The third-order valence-corrected chi connectivity index (χ3v) is 5.66. The number of fused-ring (bicyclic) bond motifs is 1. The zero-order valence-corrected chi connectivity index (χ0v) is 17.1. The molecule has 0 spiro atoms. The first-order chi connectivity index (χ1) is 14.6. The first-order valence-corrected chi connectivity index (χ1v) is 10.4. The number of hydrogen-bond acceptors (Lipinski definition) is 8. The number of benzene rings is 1. The van der Waals surface area contributed by atoms with Crippen molar-refractivity contribution >= 4 is 28.3 Å². The van der Waals surface area contributed by atoms with Crippen molar-refractivity contribution in [2.75, 3.05) is 11.9 Å². The predicted octanol–water partition coefficient (Wildman–Crippen LogP) is 3.36. The molecule has 154 valence electrons. The summed E-state index contributed by atoms with van der Waals surface area (Å²) in [4.78, 5) is 38.2. The van der Waals surface area contributed by atoms with E-state index in [1.807, 2.05) is 30.3 Å². The summed E-state index contributed by atoms with van der Waals surface area (Å²) in [6.07, 6.45) is 2.72. The lowest BCUT2D eigenvalue weighted by Gasteiger charge is -2.08. The summed E-state index contributed by atoms with van der Waals surface area (Å²) in [5.41, 5.74) is 1.87. The highest BCUT2D eigenvalue weighted by atomic mass is 32.1. The van der Waals surface area contributed by atoms with Crippen molar-refractivity contribution in [1.29, 1.82) is 0 Å². The molecule has 4 rings (SSSR count). The Morgan fingerprint density at radius 3 is 2.87 bits per heavy atom. The van der Waals surface area contributed by atoms with Crippen LogP contribution in [0.15, 0.2) is 42.7 Å². The average Bonchev–Trinajstić information content (AvgIpc) is 3.33. The van der Waals surface area contributed by atoms with E-state index in [0.717, 1.165) is 16.9 Å². The van der Waals surface area contributed by atoms with Crippen molar-refractivity contribution in [2.24, 2.45) is 0 Å². The second-order valence-corrected chi connectivity index (χ2v) is 7.72. The smallest absolute Gasteiger partial charge is 0.315 e. The Bertz CT molecular complexity index is 1050. The standard InChI is InChI=1S/C21H20N4O4S/c1-2-28-20(27)14-8-9-16-18(14)24-21(30-16)25-19(26)15-10-17(23-12-22-15)29-11-13-6-4-3-5-7-13/h3-7,10,12,14H,2,8-9,11H2,1H3,(H,24,25,26). The maximum Gasteiger partial charge on any atom is 0.315 e. The number of thiazole rings is 1. The van der Waals surface area contributed by atoms with E-state index in [-0.39, 0.29) is 17.6 Å². The van der Waals surface area contributed by atoms with Gasteiger partial charge in [-0.1, -0.05) is 30.3 Å². The molecule has 1 aliphatic rings. The minimum atomic E-state index is -0.415. The number of aromatic nitrogens is 3. The van der Waals surface area contributed by atoms with Gasteiger partial charge < -0.3 is 9.47 Å². The molecule has 0 saturated heterocycles. The lowest BCUT2D eigenvalue weighted by molar-refractivity contribution is -0.145. The summed E-state index contributed by atoms with van der Waals surface area (Å²) < 4.78 is 10.8. The molecule has 2 aromatic heterocycles. The van der Waals surface area contributed by atoms with E-state index >= 15 is 0 Å². The minimum absolute atomic E-state index is 0.172. The fourth-order valence-corrected chi connectivity index (χ4v) is 4.22. The summed E-state index contributed by atoms with van der Waals surface area (Å²) in [6, 6.07) is 11.2. The number of carbonyl (C=O) groups is 2. The van der Waals surface area contributed by atoms with Crippen LogP contribution in [0.4, 0.5) is 5.13 Å². The third-order valence-electron chi connectivity index (χ3n) is 4.61. The number of anilines is 1. The first-order valence-electron chi connectivity index (χ1n) is 9.60. The number of ether oxygens (including phenoxy) is 2. The molecule has 0 fully saturated rings. The second-order valence-electron chi connectivity index (χ2n) is 6.64. The van der Waals surface area contributed by atoms with Crippen LogP contribution in [0, 0.1) is 0 Å². The highest BCUT2D eigenvalue weighted by molar-refractivity contribution is 7.16. The zero-order chi connectivity index (χ0) is 20.9. The van der Waals surface area contributed by atoms with Crippen LogP contribution >= 0.6 is 11.3 Å². The first kappa shape index (κ1) is 20.0. The van der Waals surface area contributed by atoms with Crippen LogP contribution in [0.25, 0.3) is 0 Å². The fraction of sp³-hybridized carbons (Fsp3) is 0.286. The summed E-state index contributed by atoms with van der Waals surface area (Å²) in [5.74, 6) is -0.737. The van der Waals surface area contributed by atoms with E-state index < -0.39 is 5.91 Å². The predicted molar refractivity (Wildman–Crippen MR) is 111 cm³/mol. The Morgan fingerprint density at radius 2 is 2.07 bits per heavy atom. The van der Waals surface area contributed by atoms with Crippen molar-refractivity contribution in [1.82, 2.24) is 15.0 Å². The number of carbonyl (C=O) groups excluding carboxylic acids is 2. The van der Waals surface area contributed by atoms with Crippen LogP contribution in [-0.2, 0) is 22.6 Å². The lowest BCUT2D eigenvalue weighted by atomic mass is 10.1. The Hall–Kier alpha value is -3.33. The molecule has 3 aromatic rings. The van der Waals surface area contributed by atoms with Gasteiger partial charge in [0.05, 0.1) is 12.3 Å². The van der Waals surface area contributed by atoms with Gasteiger partial charge in [-0.25, -0.2) is 15.0 Å². The molecule has 2 heterocycles. The van der Waals surface area contributed by atoms with Gasteiger partial charge in [-0.2, -0.15) is 0 Å². The van der Waals surface area contributed by atoms with Gasteiger partial charge in [-0.3, -0.25) is 14.9 Å². The highest BCUT2D eigenvalue weighted by Gasteiger charge is 2.33. The molecule has 1 unspecified atom stereocenters. The van der Waals surface area contributed by atoms with Crippen LogP contribution in [0.2, 0.25) is 0 Å². The van der Waals surface area contributed by atoms with Crippen molar-refractivity contribution in [3.63, 3.8) is 0 Å². The largest absolute Gasteiger partial charge is 0.473 e. The molecule has 30 heavy (non-hydrogen) atoms. The van der Waals surface area contributed by atoms with Crippen molar-refractivity contribution in [2.45, 2.75) is 32.3 Å². The summed E-state index contributed by atoms with van der Waals surface area (Å²) in [6.45, 7) is 2.45. The molecule has 0 aliphatic heterocycles. The molecule has 1 aromatic carbocycles. The van der Waals surface area contributed by atoms with Gasteiger partial charge in [0.1, 0.15) is 24.5 Å². The maximum absolute atomic E-state index is 12.6. The average molecular weight is 424 g/mol. The van der Waals surface area contributed by atoms with Crippen molar-refractivity contribution in [3.05, 3.63) is 64.6 Å². The summed E-state index contributed by atoms with van der Waals surface area (Å²) in [5, 5.41) is 3.19. The van der Waals surface area contributed by atoms with Crippen LogP contribution in [0.1, 0.15) is 45.9 Å².